The number of esters is 1. The number of aryl methyl sites for hydroxylation is 1. The van der Waals surface area contributed by atoms with Gasteiger partial charge in [-0.1, -0.05) is 29.8 Å². The van der Waals surface area contributed by atoms with Crippen LogP contribution in [0.25, 0.3) is 0 Å². The number of nitrogens with zero attached hydrogens (tertiary/aromatic N) is 1. The highest BCUT2D eigenvalue weighted by Crippen LogP contribution is 2.31. The molecule has 0 aromatic heterocycles. The zero-order chi connectivity index (χ0) is 15.0. The van der Waals surface area contributed by atoms with Gasteiger partial charge in [0, 0.05) is 12.5 Å². The van der Waals surface area contributed by atoms with Crippen LogP contribution in [0.3, 0.4) is 0 Å². The van der Waals surface area contributed by atoms with Gasteiger partial charge in [-0.15, -0.1) is 0 Å². The maximum Gasteiger partial charge on any atom is 0.345 e. The van der Waals surface area contributed by atoms with E-state index in [1.165, 1.54) is 6.92 Å². The van der Waals surface area contributed by atoms with Crippen molar-refractivity contribution in [3.63, 3.8) is 0 Å². The van der Waals surface area contributed by atoms with Crippen molar-refractivity contribution in [3.05, 3.63) is 59.2 Å². The number of anilines is 1. The molecule has 2 aromatic rings. The van der Waals surface area contributed by atoms with E-state index in [1.54, 1.807) is 35.2 Å². The second-order valence-electron chi connectivity index (χ2n) is 5.12. The molecular formula is C17H15NO3. The van der Waals surface area contributed by atoms with Gasteiger partial charge in [0.25, 0.3) is 0 Å². The largest absolute Gasteiger partial charge is 0.423 e. The summed E-state index contributed by atoms with van der Waals surface area (Å²) in [5.41, 5.74) is 2.87. The summed E-state index contributed by atoms with van der Waals surface area (Å²) < 4.78 is 5.47. The lowest BCUT2D eigenvalue weighted by Crippen LogP contribution is -2.32. The fourth-order valence-electron chi connectivity index (χ4n) is 2.50. The number of carbonyl (C=O) groups excluding carboxylic acids is 2. The molecule has 0 radical (unpaired) electrons. The molecule has 0 bridgehead atoms. The van der Waals surface area contributed by atoms with Crippen LogP contribution >= 0.6 is 0 Å². The van der Waals surface area contributed by atoms with Gasteiger partial charge < -0.3 is 9.64 Å². The third-order valence-corrected chi connectivity index (χ3v) is 3.54. The summed E-state index contributed by atoms with van der Waals surface area (Å²) in [4.78, 5) is 25.9. The Bertz CT molecular complexity index is 737. The molecule has 21 heavy (non-hydrogen) atoms. The highest BCUT2D eigenvalue weighted by molar-refractivity contribution is 6.03. The lowest BCUT2D eigenvalue weighted by molar-refractivity contribution is -0.116. The van der Waals surface area contributed by atoms with Crippen LogP contribution in [0.2, 0.25) is 0 Å². The lowest BCUT2D eigenvalue weighted by atomic mass is 10.1. The van der Waals surface area contributed by atoms with E-state index in [4.69, 9.17) is 4.74 Å². The van der Waals surface area contributed by atoms with Gasteiger partial charge in [0.2, 0.25) is 5.91 Å². The highest BCUT2D eigenvalue weighted by Gasteiger charge is 2.25. The van der Waals surface area contributed by atoms with Crippen molar-refractivity contribution in [2.24, 2.45) is 0 Å². The summed E-state index contributed by atoms with van der Waals surface area (Å²) in [5.74, 6) is -0.0439. The van der Waals surface area contributed by atoms with Crippen LogP contribution < -0.4 is 9.64 Å². The SMILES string of the molecule is CC(=O)N1Cc2cc(C)ccc2OC(=O)c2ccccc21. The summed E-state index contributed by atoms with van der Waals surface area (Å²) >= 11 is 0. The first-order valence-electron chi connectivity index (χ1n) is 6.75. The molecule has 0 aliphatic carbocycles. The monoisotopic (exact) mass is 281 g/mol. The predicted octanol–water partition coefficient (Wildman–Crippen LogP) is 3.08. The Balaban J connectivity index is 2.18. The van der Waals surface area contributed by atoms with Crippen molar-refractivity contribution in [1.82, 2.24) is 0 Å². The number of hydrogen-bond donors (Lipinski definition) is 0. The minimum Gasteiger partial charge on any atom is -0.423 e. The topological polar surface area (TPSA) is 46.6 Å². The molecule has 0 fully saturated rings. The van der Waals surface area contributed by atoms with E-state index in [2.05, 4.69) is 0 Å². The Morgan fingerprint density at radius 2 is 1.95 bits per heavy atom. The van der Waals surface area contributed by atoms with Crippen LogP contribution in [0.1, 0.15) is 28.4 Å². The lowest BCUT2D eigenvalue weighted by Gasteiger charge is -2.27. The van der Waals surface area contributed by atoms with Crippen molar-refractivity contribution < 1.29 is 14.3 Å². The maximum atomic E-state index is 12.3. The van der Waals surface area contributed by atoms with Gasteiger partial charge >= 0.3 is 5.97 Å². The van der Waals surface area contributed by atoms with Crippen molar-refractivity contribution in [2.45, 2.75) is 20.4 Å². The Kier molecular flexibility index (Phi) is 3.22. The molecule has 2 aromatic carbocycles. The third-order valence-electron chi connectivity index (χ3n) is 3.54. The van der Waals surface area contributed by atoms with E-state index < -0.39 is 5.97 Å². The summed E-state index contributed by atoms with van der Waals surface area (Å²) in [6.07, 6.45) is 0. The number of ether oxygens (including phenoxy) is 1. The Hall–Kier alpha value is -2.62. The fourth-order valence-corrected chi connectivity index (χ4v) is 2.50. The molecule has 0 saturated carbocycles. The first-order chi connectivity index (χ1) is 10.1. The fraction of sp³-hybridized carbons (Fsp3) is 0.176. The summed E-state index contributed by atoms with van der Waals surface area (Å²) in [6, 6.07) is 12.6. The summed E-state index contributed by atoms with van der Waals surface area (Å²) in [5, 5.41) is 0. The number of amides is 1. The number of benzene rings is 2. The molecule has 0 unspecified atom stereocenters. The number of rotatable bonds is 0. The van der Waals surface area contributed by atoms with E-state index in [9.17, 15) is 9.59 Å². The predicted molar refractivity (Wildman–Crippen MR) is 79.4 cm³/mol. The first-order valence-corrected chi connectivity index (χ1v) is 6.75. The number of hydrogen-bond acceptors (Lipinski definition) is 3. The molecule has 1 amide bonds. The highest BCUT2D eigenvalue weighted by atomic mass is 16.5. The molecular weight excluding hydrogens is 266 g/mol. The first kappa shape index (κ1) is 13.4. The van der Waals surface area contributed by atoms with E-state index in [-0.39, 0.29) is 5.91 Å². The van der Waals surface area contributed by atoms with Crippen molar-refractivity contribution in [3.8, 4) is 5.75 Å². The Morgan fingerprint density at radius 3 is 2.71 bits per heavy atom. The molecule has 1 heterocycles. The number of carbonyl (C=O) groups is 2. The van der Waals surface area contributed by atoms with E-state index in [0.717, 1.165) is 11.1 Å². The normalized spacial score (nSPS) is 13.6. The molecule has 1 aliphatic rings. The van der Waals surface area contributed by atoms with Gasteiger partial charge in [-0.25, -0.2) is 4.79 Å². The van der Waals surface area contributed by atoms with Crippen molar-refractivity contribution in [2.75, 3.05) is 4.90 Å². The maximum absolute atomic E-state index is 12.3. The molecule has 3 rings (SSSR count). The summed E-state index contributed by atoms with van der Waals surface area (Å²) in [7, 11) is 0. The van der Waals surface area contributed by atoms with Gasteiger partial charge in [-0.05, 0) is 25.1 Å². The zero-order valence-electron chi connectivity index (χ0n) is 11.9. The minimum atomic E-state index is -0.443. The quantitative estimate of drug-likeness (QED) is 0.550. The molecule has 4 heteroatoms. The van der Waals surface area contributed by atoms with Crippen LogP contribution in [0, 0.1) is 6.92 Å². The van der Waals surface area contributed by atoms with Gasteiger partial charge in [-0.3, -0.25) is 4.79 Å². The van der Waals surface area contributed by atoms with Gasteiger partial charge in [0.05, 0.1) is 17.8 Å². The van der Waals surface area contributed by atoms with Crippen molar-refractivity contribution in [1.29, 1.82) is 0 Å². The molecule has 1 aliphatic heterocycles. The van der Waals surface area contributed by atoms with Gasteiger partial charge in [0.1, 0.15) is 5.75 Å². The van der Waals surface area contributed by atoms with Crippen molar-refractivity contribution >= 4 is 17.6 Å². The van der Waals surface area contributed by atoms with Crippen LogP contribution in [0.5, 0.6) is 5.75 Å². The third kappa shape index (κ3) is 2.40. The van der Waals surface area contributed by atoms with Crippen LogP contribution in [-0.4, -0.2) is 11.9 Å². The van der Waals surface area contributed by atoms with E-state index in [1.807, 2.05) is 19.1 Å². The van der Waals surface area contributed by atoms with Crippen LogP contribution in [0.15, 0.2) is 42.5 Å². The smallest absolute Gasteiger partial charge is 0.345 e. The molecule has 0 saturated heterocycles. The Labute approximate surface area is 123 Å². The Morgan fingerprint density at radius 1 is 1.19 bits per heavy atom. The molecule has 106 valence electrons. The van der Waals surface area contributed by atoms with E-state index >= 15 is 0 Å². The number of para-hydroxylation sites is 1. The average molecular weight is 281 g/mol. The second kappa shape index (κ2) is 5.05. The number of fused-ring (bicyclic) bond motifs is 2. The average Bonchev–Trinajstić information content (AvgIpc) is 2.45. The van der Waals surface area contributed by atoms with Gasteiger partial charge in [0.15, 0.2) is 0 Å². The molecule has 4 nitrogen and oxygen atoms in total. The minimum absolute atomic E-state index is 0.107. The molecule has 0 spiro atoms. The summed E-state index contributed by atoms with van der Waals surface area (Å²) in [6.45, 7) is 3.85. The second-order valence-corrected chi connectivity index (χ2v) is 5.12. The van der Waals surface area contributed by atoms with E-state index in [0.29, 0.717) is 23.5 Å². The molecule has 0 atom stereocenters. The standard InChI is InChI=1S/C17H15NO3/c1-11-7-8-16-13(9-11)10-18(12(2)19)15-6-4-3-5-14(15)17(20)21-16/h3-9H,10H2,1-2H3. The van der Waals surface area contributed by atoms with Crippen LogP contribution in [-0.2, 0) is 11.3 Å². The zero-order valence-corrected chi connectivity index (χ0v) is 11.9. The van der Waals surface area contributed by atoms with Gasteiger partial charge in [-0.2, -0.15) is 0 Å². The molecule has 0 N–H and O–H groups in total. The van der Waals surface area contributed by atoms with Crippen LogP contribution in [0.4, 0.5) is 5.69 Å².